The van der Waals surface area contributed by atoms with Crippen molar-refractivity contribution in [2.24, 2.45) is 5.92 Å². The fourth-order valence-electron chi connectivity index (χ4n) is 4.96. The van der Waals surface area contributed by atoms with Crippen molar-refractivity contribution in [1.29, 1.82) is 5.26 Å². The number of nitrogens with zero attached hydrogens (tertiary/aromatic N) is 7. The van der Waals surface area contributed by atoms with Crippen LogP contribution < -0.4 is 9.64 Å². The molecular weight excluding hydrogens is 498 g/mol. The number of hydrogen-bond acceptors (Lipinski definition) is 9. The second-order valence-corrected chi connectivity index (χ2v) is 10.3. The SMILES string of the molecule is CC(C)C(O)C(=O)N1CCN(c2ccc(-c3cc(OCCN4CCOCC4)cn4ncc(C#N)c34)cn2)CC1. The zero-order valence-corrected chi connectivity index (χ0v) is 22.5. The van der Waals surface area contributed by atoms with Crippen molar-refractivity contribution >= 4 is 17.2 Å². The molecule has 3 aromatic rings. The predicted octanol–water partition coefficient (Wildman–Crippen LogP) is 1.64. The van der Waals surface area contributed by atoms with Crippen LogP contribution in [-0.2, 0) is 9.53 Å². The zero-order valence-electron chi connectivity index (χ0n) is 22.5. The zero-order chi connectivity index (χ0) is 27.4. The molecule has 0 radical (unpaired) electrons. The highest BCUT2D eigenvalue weighted by Gasteiger charge is 2.28. The van der Waals surface area contributed by atoms with Gasteiger partial charge in [0.25, 0.3) is 5.91 Å². The lowest BCUT2D eigenvalue weighted by atomic mass is 10.0. The Morgan fingerprint density at radius 2 is 1.92 bits per heavy atom. The molecule has 39 heavy (non-hydrogen) atoms. The maximum atomic E-state index is 12.5. The lowest BCUT2D eigenvalue weighted by molar-refractivity contribution is -0.142. The van der Waals surface area contributed by atoms with E-state index in [9.17, 15) is 15.2 Å². The largest absolute Gasteiger partial charge is 0.491 e. The highest BCUT2D eigenvalue weighted by Crippen LogP contribution is 2.31. The molecule has 0 aromatic carbocycles. The molecular formula is C28H35N7O4. The summed E-state index contributed by atoms with van der Waals surface area (Å²) in [6.45, 7) is 10.7. The van der Waals surface area contributed by atoms with E-state index in [-0.39, 0.29) is 11.8 Å². The average molecular weight is 534 g/mol. The van der Waals surface area contributed by atoms with Gasteiger partial charge in [0.2, 0.25) is 0 Å². The molecule has 1 unspecified atom stereocenters. The van der Waals surface area contributed by atoms with Gasteiger partial charge in [-0.1, -0.05) is 13.8 Å². The van der Waals surface area contributed by atoms with Crippen LogP contribution >= 0.6 is 0 Å². The number of pyridine rings is 2. The number of carbonyl (C=O) groups excluding carboxylic acids is 1. The second-order valence-electron chi connectivity index (χ2n) is 10.3. The number of aromatic nitrogens is 3. The average Bonchev–Trinajstić information content (AvgIpc) is 3.40. The van der Waals surface area contributed by atoms with Crippen molar-refractivity contribution in [2.45, 2.75) is 20.0 Å². The van der Waals surface area contributed by atoms with Gasteiger partial charge in [0.15, 0.2) is 0 Å². The molecule has 1 atom stereocenters. The van der Waals surface area contributed by atoms with Crippen molar-refractivity contribution < 1.29 is 19.4 Å². The fourth-order valence-corrected chi connectivity index (χ4v) is 4.96. The van der Waals surface area contributed by atoms with E-state index in [2.05, 4.69) is 21.0 Å². The van der Waals surface area contributed by atoms with Crippen LogP contribution in [-0.4, -0.2) is 107 Å². The first-order chi connectivity index (χ1) is 18.9. The number of fused-ring (bicyclic) bond motifs is 1. The number of nitriles is 1. The van der Waals surface area contributed by atoms with Gasteiger partial charge in [-0.3, -0.25) is 9.69 Å². The summed E-state index contributed by atoms with van der Waals surface area (Å²) < 4.78 is 13.2. The predicted molar refractivity (Wildman–Crippen MR) is 146 cm³/mol. The molecule has 1 N–H and O–H groups in total. The fraction of sp³-hybridized carbons (Fsp3) is 0.500. The van der Waals surface area contributed by atoms with Gasteiger partial charge < -0.3 is 24.4 Å². The summed E-state index contributed by atoms with van der Waals surface area (Å²) in [6, 6.07) is 8.13. The summed E-state index contributed by atoms with van der Waals surface area (Å²) in [5.74, 6) is 1.17. The molecule has 1 amide bonds. The Morgan fingerprint density at radius 1 is 1.15 bits per heavy atom. The first kappa shape index (κ1) is 26.9. The van der Waals surface area contributed by atoms with Crippen LogP contribution in [0.2, 0.25) is 0 Å². The van der Waals surface area contributed by atoms with Crippen LogP contribution in [0.15, 0.2) is 36.8 Å². The highest BCUT2D eigenvalue weighted by atomic mass is 16.5. The first-order valence-corrected chi connectivity index (χ1v) is 13.5. The maximum Gasteiger partial charge on any atom is 0.251 e. The van der Waals surface area contributed by atoms with Crippen molar-refractivity contribution in [3.8, 4) is 22.9 Å². The van der Waals surface area contributed by atoms with Gasteiger partial charge >= 0.3 is 0 Å². The Labute approximate surface area is 228 Å². The van der Waals surface area contributed by atoms with Crippen LogP contribution in [0.3, 0.4) is 0 Å². The monoisotopic (exact) mass is 533 g/mol. The van der Waals surface area contributed by atoms with Crippen LogP contribution in [0.1, 0.15) is 19.4 Å². The van der Waals surface area contributed by atoms with E-state index in [0.717, 1.165) is 49.8 Å². The molecule has 0 aliphatic carbocycles. The van der Waals surface area contributed by atoms with Crippen molar-refractivity contribution in [3.05, 3.63) is 42.4 Å². The quantitative estimate of drug-likeness (QED) is 0.461. The first-order valence-electron chi connectivity index (χ1n) is 13.5. The van der Waals surface area contributed by atoms with Gasteiger partial charge in [0.1, 0.15) is 30.3 Å². The van der Waals surface area contributed by atoms with E-state index in [1.807, 2.05) is 32.0 Å². The van der Waals surface area contributed by atoms with Gasteiger partial charge in [-0.15, -0.1) is 0 Å². The summed E-state index contributed by atoms with van der Waals surface area (Å²) >= 11 is 0. The van der Waals surface area contributed by atoms with E-state index < -0.39 is 6.10 Å². The smallest absolute Gasteiger partial charge is 0.251 e. The number of amides is 1. The minimum absolute atomic E-state index is 0.109. The van der Waals surface area contributed by atoms with Gasteiger partial charge in [-0.05, 0) is 24.1 Å². The molecule has 0 saturated carbocycles. The third kappa shape index (κ3) is 5.98. The summed E-state index contributed by atoms with van der Waals surface area (Å²) in [7, 11) is 0. The summed E-state index contributed by atoms with van der Waals surface area (Å²) in [6.07, 6.45) is 4.20. The molecule has 5 heterocycles. The number of aliphatic hydroxyl groups excluding tert-OH is 1. The van der Waals surface area contributed by atoms with Gasteiger partial charge in [0.05, 0.1) is 36.7 Å². The summed E-state index contributed by atoms with van der Waals surface area (Å²) in [4.78, 5) is 23.4. The highest BCUT2D eigenvalue weighted by molar-refractivity contribution is 5.85. The minimum atomic E-state index is -0.966. The number of aliphatic hydroxyl groups is 1. The lowest BCUT2D eigenvalue weighted by Crippen LogP contribution is -2.52. The molecule has 3 aromatic heterocycles. The Morgan fingerprint density at radius 3 is 2.59 bits per heavy atom. The van der Waals surface area contributed by atoms with Crippen LogP contribution in [0.5, 0.6) is 5.75 Å². The van der Waals surface area contributed by atoms with Crippen LogP contribution in [0.4, 0.5) is 5.82 Å². The van der Waals surface area contributed by atoms with E-state index in [1.54, 1.807) is 28.0 Å². The molecule has 206 valence electrons. The number of hydrogen-bond donors (Lipinski definition) is 1. The van der Waals surface area contributed by atoms with E-state index in [4.69, 9.17) is 14.5 Å². The van der Waals surface area contributed by atoms with Crippen molar-refractivity contribution in [1.82, 2.24) is 24.4 Å². The lowest BCUT2D eigenvalue weighted by Gasteiger charge is -2.36. The topological polar surface area (TPSA) is 119 Å². The number of ether oxygens (including phenoxy) is 2. The number of rotatable bonds is 8. The molecule has 2 saturated heterocycles. The van der Waals surface area contributed by atoms with E-state index >= 15 is 0 Å². The standard InChI is InChI=1S/C28H35N7O4/c1-20(2)27(36)28(37)34-7-5-33(6-8-34)25-4-3-21(17-30-25)24-15-23(19-35-26(24)22(16-29)18-31-35)39-14-11-32-9-12-38-13-10-32/h3-4,15,17-20,27,36H,5-14H2,1-2H3. The van der Waals surface area contributed by atoms with Crippen molar-refractivity contribution in [3.63, 3.8) is 0 Å². The van der Waals surface area contributed by atoms with Crippen LogP contribution in [0.25, 0.3) is 16.6 Å². The molecule has 5 rings (SSSR count). The van der Waals surface area contributed by atoms with E-state index in [0.29, 0.717) is 49.6 Å². The molecule has 2 aliphatic heterocycles. The second kappa shape index (κ2) is 12.0. The Hall–Kier alpha value is -3.72. The van der Waals surface area contributed by atoms with Gasteiger partial charge in [-0.2, -0.15) is 10.4 Å². The number of morpholine rings is 1. The Bertz CT molecular complexity index is 1320. The molecule has 0 bridgehead atoms. The maximum absolute atomic E-state index is 12.5. The minimum Gasteiger partial charge on any atom is -0.491 e. The molecule has 11 heteroatoms. The number of piperazine rings is 1. The third-order valence-corrected chi connectivity index (χ3v) is 7.35. The molecule has 11 nitrogen and oxygen atoms in total. The Balaban J connectivity index is 1.30. The third-order valence-electron chi connectivity index (χ3n) is 7.35. The van der Waals surface area contributed by atoms with E-state index in [1.165, 1.54) is 0 Å². The Kier molecular flexibility index (Phi) is 8.26. The normalized spacial score (nSPS) is 17.4. The summed E-state index contributed by atoms with van der Waals surface area (Å²) in [5, 5.41) is 24.2. The van der Waals surface area contributed by atoms with Gasteiger partial charge in [0, 0.05) is 63.1 Å². The van der Waals surface area contributed by atoms with Crippen molar-refractivity contribution in [2.75, 3.05) is 70.5 Å². The van der Waals surface area contributed by atoms with Crippen LogP contribution in [0, 0.1) is 17.2 Å². The number of anilines is 1. The molecule has 0 spiro atoms. The number of carbonyl (C=O) groups is 1. The van der Waals surface area contributed by atoms with Gasteiger partial charge in [-0.25, -0.2) is 9.50 Å². The molecule has 2 aliphatic rings. The molecule has 2 fully saturated rings. The summed E-state index contributed by atoms with van der Waals surface area (Å²) in [5.41, 5.74) is 2.88.